The molecule has 8 heteroatoms. The summed E-state index contributed by atoms with van der Waals surface area (Å²) >= 11 is 5.07. The van der Waals surface area contributed by atoms with Crippen molar-refractivity contribution in [2.75, 3.05) is 5.32 Å². The van der Waals surface area contributed by atoms with Crippen molar-refractivity contribution >= 4 is 28.4 Å². The fraction of sp³-hybridized carbons (Fsp3) is 0.0714. The lowest BCUT2D eigenvalue weighted by Gasteiger charge is -2.11. The summed E-state index contributed by atoms with van der Waals surface area (Å²) in [5, 5.41) is 2.89. The smallest absolute Gasteiger partial charge is 0.415 e. The van der Waals surface area contributed by atoms with Crippen LogP contribution in [0.25, 0.3) is 0 Å². The van der Waals surface area contributed by atoms with Gasteiger partial charge in [0.2, 0.25) is 0 Å². The van der Waals surface area contributed by atoms with Gasteiger partial charge in [0.05, 0.1) is 0 Å². The van der Waals surface area contributed by atoms with Crippen LogP contribution in [0.3, 0.4) is 0 Å². The number of nitrogens with one attached hydrogen (secondary N) is 1. The number of carbonyl (C=O) groups is 1. The normalized spacial score (nSPS) is 10.9. The summed E-state index contributed by atoms with van der Waals surface area (Å²) in [4.78, 5) is 10.6. The monoisotopic (exact) mass is 331 g/mol. The quantitative estimate of drug-likeness (QED) is 0.795. The zero-order valence-electron chi connectivity index (χ0n) is 10.9. The van der Waals surface area contributed by atoms with E-state index in [0.717, 1.165) is 0 Å². The maximum absolute atomic E-state index is 12.2. The molecule has 2 aromatic rings. The second-order valence-electron chi connectivity index (χ2n) is 4.06. The minimum Gasteiger partial charge on any atom is -0.415 e. The van der Waals surface area contributed by atoms with Crippen LogP contribution in [0.1, 0.15) is 0 Å². The van der Waals surface area contributed by atoms with E-state index in [-0.39, 0.29) is 11.5 Å². The summed E-state index contributed by atoms with van der Waals surface area (Å²) in [6.45, 7) is 0. The summed E-state index contributed by atoms with van der Waals surface area (Å²) in [5.41, 5.74) is 0.0279. The van der Waals surface area contributed by atoms with Gasteiger partial charge in [-0.05, 0) is 36.4 Å². The number of anilines is 2. The van der Waals surface area contributed by atoms with Gasteiger partial charge in [0.1, 0.15) is 11.5 Å². The van der Waals surface area contributed by atoms with Crippen molar-refractivity contribution in [1.82, 2.24) is 0 Å². The molecule has 0 spiro atoms. The predicted molar refractivity (Wildman–Crippen MR) is 74.7 cm³/mol. The standard InChI is InChI=1S/C14H9ClF3NO3/c15-13(20)21-11-6-4-9(5-7-11)19-10-2-1-3-12(8-10)22-14(16,17)18/h1-8,19H. The maximum atomic E-state index is 12.2. The van der Waals surface area contributed by atoms with Crippen LogP contribution < -0.4 is 14.8 Å². The first-order chi connectivity index (χ1) is 10.3. The number of alkyl halides is 3. The number of rotatable bonds is 4. The molecular weight excluding hydrogens is 323 g/mol. The van der Waals surface area contributed by atoms with Crippen molar-refractivity contribution in [3.05, 3.63) is 48.5 Å². The van der Waals surface area contributed by atoms with Crippen LogP contribution in [-0.2, 0) is 0 Å². The van der Waals surface area contributed by atoms with Crippen molar-refractivity contribution in [1.29, 1.82) is 0 Å². The Labute approximate surface area is 128 Å². The molecule has 0 heterocycles. The van der Waals surface area contributed by atoms with E-state index in [4.69, 9.17) is 11.6 Å². The van der Waals surface area contributed by atoms with Gasteiger partial charge < -0.3 is 14.8 Å². The second kappa shape index (κ2) is 6.57. The molecule has 0 unspecified atom stereocenters. The van der Waals surface area contributed by atoms with Crippen molar-refractivity contribution in [3.8, 4) is 11.5 Å². The topological polar surface area (TPSA) is 47.6 Å². The van der Waals surface area contributed by atoms with Crippen LogP contribution in [0.5, 0.6) is 11.5 Å². The molecule has 2 rings (SSSR count). The molecule has 0 radical (unpaired) electrons. The zero-order valence-corrected chi connectivity index (χ0v) is 11.6. The number of hydrogen-bond acceptors (Lipinski definition) is 4. The highest BCUT2D eigenvalue weighted by atomic mass is 35.5. The van der Waals surface area contributed by atoms with Gasteiger partial charge >= 0.3 is 11.8 Å². The average Bonchev–Trinajstić information content (AvgIpc) is 2.39. The molecule has 0 saturated carbocycles. The average molecular weight is 332 g/mol. The van der Waals surface area contributed by atoms with Crippen molar-refractivity contribution in [2.24, 2.45) is 0 Å². The highest BCUT2D eigenvalue weighted by Crippen LogP contribution is 2.27. The Morgan fingerprint density at radius 3 is 2.27 bits per heavy atom. The molecule has 2 aromatic carbocycles. The van der Waals surface area contributed by atoms with E-state index in [1.807, 2.05) is 0 Å². The lowest BCUT2D eigenvalue weighted by atomic mass is 10.2. The van der Waals surface area contributed by atoms with E-state index in [0.29, 0.717) is 11.4 Å². The largest absolute Gasteiger partial charge is 0.573 e. The van der Waals surface area contributed by atoms with Crippen molar-refractivity contribution in [2.45, 2.75) is 6.36 Å². The SMILES string of the molecule is O=C(Cl)Oc1ccc(Nc2cccc(OC(F)(F)F)c2)cc1. The Balaban J connectivity index is 2.07. The van der Waals surface area contributed by atoms with E-state index in [1.54, 1.807) is 18.2 Å². The first-order valence-electron chi connectivity index (χ1n) is 5.92. The summed E-state index contributed by atoms with van der Waals surface area (Å²) in [6, 6.07) is 11.5. The molecule has 0 fully saturated rings. The summed E-state index contributed by atoms with van der Waals surface area (Å²) < 4.78 is 44.9. The second-order valence-corrected chi connectivity index (χ2v) is 4.37. The lowest BCUT2D eigenvalue weighted by Crippen LogP contribution is -2.17. The van der Waals surface area contributed by atoms with Gasteiger partial charge in [0, 0.05) is 29.0 Å². The van der Waals surface area contributed by atoms with Crippen LogP contribution in [0.4, 0.5) is 29.3 Å². The van der Waals surface area contributed by atoms with Crippen LogP contribution in [-0.4, -0.2) is 11.8 Å². The summed E-state index contributed by atoms with van der Waals surface area (Å²) in [5.74, 6) is -0.0788. The van der Waals surface area contributed by atoms with Gasteiger partial charge in [-0.1, -0.05) is 6.07 Å². The molecule has 0 amide bonds. The van der Waals surface area contributed by atoms with Crippen molar-refractivity contribution in [3.63, 3.8) is 0 Å². The van der Waals surface area contributed by atoms with Crippen molar-refractivity contribution < 1.29 is 27.4 Å². The lowest BCUT2D eigenvalue weighted by molar-refractivity contribution is -0.274. The molecule has 0 atom stereocenters. The van der Waals surface area contributed by atoms with E-state index in [9.17, 15) is 18.0 Å². The Kier molecular flexibility index (Phi) is 4.77. The third-order valence-corrected chi connectivity index (χ3v) is 2.49. The van der Waals surface area contributed by atoms with Gasteiger partial charge in [-0.15, -0.1) is 13.2 Å². The molecule has 0 aliphatic heterocycles. The molecule has 0 aromatic heterocycles. The molecule has 0 bridgehead atoms. The number of hydrogen-bond donors (Lipinski definition) is 1. The van der Waals surface area contributed by atoms with Gasteiger partial charge in [0.15, 0.2) is 0 Å². The van der Waals surface area contributed by atoms with Crippen LogP contribution in [0.2, 0.25) is 0 Å². The Morgan fingerprint density at radius 1 is 1.00 bits per heavy atom. The molecule has 0 aliphatic carbocycles. The van der Waals surface area contributed by atoms with Gasteiger partial charge in [-0.2, -0.15) is 0 Å². The van der Waals surface area contributed by atoms with Gasteiger partial charge in [-0.3, -0.25) is 0 Å². The van der Waals surface area contributed by atoms with E-state index >= 15 is 0 Å². The minimum absolute atomic E-state index is 0.250. The van der Waals surface area contributed by atoms with Crippen LogP contribution in [0.15, 0.2) is 48.5 Å². The summed E-state index contributed by atoms with van der Waals surface area (Å²) in [7, 11) is 0. The highest BCUT2D eigenvalue weighted by molar-refractivity contribution is 6.61. The zero-order chi connectivity index (χ0) is 16.2. The Bertz CT molecular complexity index is 659. The Morgan fingerprint density at radius 2 is 1.68 bits per heavy atom. The maximum Gasteiger partial charge on any atom is 0.573 e. The molecule has 22 heavy (non-hydrogen) atoms. The Hall–Kier alpha value is -2.41. The summed E-state index contributed by atoms with van der Waals surface area (Å²) in [6.07, 6.45) is -4.74. The van der Waals surface area contributed by atoms with Gasteiger partial charge in [-0.25, -0.2) is 4.79 Å². The third kappa shape index (κ3) is 5.17. The number of halogens is 4. The number of benzene rings is 2. The molecule has 0 aliphatic rings. The van der Waals surface area contributed by atoms with Crippen LogP contribution >= 0.6 is 11.6 Å². The fourth-order valence-corrected chi connectivity index (χ4v) is 1.73. The molecule has 1 N–H and O–H groups in total. The fourth-order valence-electron chi connectivity index (χ4n) is 1.64. The van der Waals surface area contributed by atoms with E-state index in [2.05, 4.69) is 14.8 Å². The molecule has 4 nitrogen and oxygen atoms in total. The van der Waals surface area contributed by atoms with E-state index < -0.39 is 11.8 Å². The first-order valence-corrected chi connectivity index (χ1v) is 6.30. The molecule has 0 saturated heterocycles. The van der Waals surface area contributed by atoms with E-state index in [1.165, 1.54) is 30.3 Å². The number of ether oxygens (including phenoxy) is 2. The van der Waals surface area contributed by atoms with Crippen LogP contribution in [0, 0.1) is 0 Å². The van der Waals surface area contributed by atoms with Gasteiger partial charge in [0.25, 0.3) is 0 Å². The molecule has 116 valence electrons. The first kappa shape index (κ1) is 16.0. The highest BCUT2D eigenvalue weighted by Gasteiger charge is 2.31. The minimum atomic E-state index is -4.74. The predicted octanol–water partition coefficient (Wildman–Crippen LogP) is 5.07. The molecular formula is C14H9ClF3NO3. The third-order valence-electron chi connectivity index (χ3n) is 2.41. The number of carbonyl (C=O) groups excluding carboxylic acids is 1.